The molecule has 0 unspecified atom stereocenters. The molecule has 1 N–H and O–H groups in total. The number of hydrogen-bond acceptors (Lipinski definition) is 6. The van der Waals surface area contributed by atoms with E-state index in [0.29, 0.717) is 26.7 Å². The van der Waals surface area contributed by atoms with E-state index < -0.39 is 0 Å². The maximum Gasteiger partial charge on any atom is 0.260 e. The summed E-state index contributed by atoms with van der Waals surface area (Å²) in [5.41, 5.74) is 3.25. The Hall–Kier alpha value is -3.08. The van der Waals surface area contributed by atoms with Crippen LogP contribution in [0.5, 0.6) is 5.75 Å². The topological polar surface area (TPSA) is 78.8 Å². The van der Waals surface area contributed by atoms with Gasteiger partial charge in [0.25, 0.3) is 5.56 Å². The molecular formula is C21H15N3O2S2. The number of ether oxygens (including phenoxy) is 1. The summed E-state index contributed by atoms with van der Waals surface area (Å²) in [6.45, 7) is 0. The number of nitriles is 1. The number of H-pyrrole nitrogens is 1. The van der Waals surface area contributed by atoms with Crippen molar-refractivity contribution in [3.63, 3.8) is 0 Å². The van der Waals surface area contributed by atoms with Gasteiger partial charge in [-0.15, -0.1) is 11.3 Å². The van der Waals surface area contributed by atoms with E-state index in [1.54, 1.807) is 13.2 Å². The molecule has 0 saturated carbocycles. The van der Waals surface area contributed by atoms with Gasteiger partial charge in [-0.2, -0.15) is 5.26 Å². The van der Waals surface area contributed by atoms with Crippen LogP contribution in [0.25, 0.3) is 21.3 Å². The van der Waals surface area contributed by atoms with Crippen molar-refractivity contribution >= 4 is 33.3 Å². The number of aromatic nitrogens is 2. The lowest BCUT2D eigenvalue weighted by molar-refractivity contribution is 0.415. The molecule has 4 rings (SSSR count). The molecule has 0 aliphatic carbocycles. The van der Waals surface area contributed by atoms with Crippen LogP contribution >= 0.6 is 23.1 Å². The molecule has 7 heteroatoms. The summed E-state index contributed by atoms with van der Waals surface area (Å²) in [5.74, 6) is 1.37. The van der Waals surface area contributed by atoms with E-state index in [-0.39, 0.29) is 5.56 Å². The maximum absolute atomic E-state index is 12.7. The minimum absolute atomic E-state index is 0.155. The van der Waals surface area contributed by atoms with E-state index in [1.807, 2.05) is 47.8 Å². The highest BCUT2D eigenvalue weighted by molar-refractivity contribution is 7.98. The molecule has 0 bridgehead atoms. The molecule has 2 aromatic carbocycles. The van der Waals surface area contributed by atoms with Gasteiger partial charge in [0.15, 0.2) is 5.16 Å². The second-order valence-electron chi connectivity index (χ2n) is 6.03. The zero-order chi connectivity index (χ0) is 19.5. The number of hydrogen-bond donors (Lipinski definition) is 1. The first-order chi connectivity index (χ1) is 13.7. The van der Waals surface area contributed by atoms with E-state index in [0.717, 1.165) is 22.4 Å². The van der Waals surface area contributed by atoms with Gasteiger partial charge in [-0.25, -0.2) is 4.98 Å². The number of aromatic amines is 1. The molecule has 28 heavy (non-hydrogen) atoms. The van der Waals surface area contributed by atoms with Crippen molar-refractivity contribution in [2.45, 2.75) is 10.9 Å². The number of thiophene rings is 1. The molecule has 5 nitrogen and oxygen atoms in total. The molecule has 0 saturated heterocycles. The summed E-state index contributed by atoms with van der Waals surface area (Å²) in [6, 6.07) is 17.2. The zero-order valence-electron chi connectivity index (χ0n) is 14.9. The predicted molar refractivity (Wildman–Crippen MR) is 113 cm³/mol. The van der Waals surface area contributed by atoms with Crippen molar-refractivity contribution in [1.29, 1.82) is 5.26 Å². The summed E-state index contributed by atoms with van der Waals surface area (Å²) in [4.78, 5) is 20.9. The third-order valence-electron chi connectivity index (χ3n) is 4.23. The van der Waals surface area contributed by atoms with E-state index in [9.17, 15) is 4.79 Å². The molecule has 0 fully saturated rings. The predicted octanol–water partition coefficient (Wildman–Crippen LogP) is 4.82. The van der Waals surface area contributed by atoms with Crippen LogP contribution in [-0.4, -0.2) is 17.1 Å². The van der Waals surface area contributed by atoms with Gasteiger partial charge in [0.1, 0.15) is 10.6 Å². The van der Waals surface area contributed by atoms with Gasteiger partial charge in [-0.1, -0.05) is 36.0 Å². The Bertz CT molecular complexity index is 1250. The summed E-state index contributed by atoms with van der Waals surface area (Å²) in [6.07, 6.45) is 0. The molecule has 0 aliphatic heterocycles. The Kier molecular flexibility index (Phi) is 5.15. The number of thioether (sulfide) groups is 1. The molecule has 0 aliphatic rings. The Labute approximate surface area is 169 Å². The van der Waals surface area contributed by atoms with Gasteiger partial charge in [-0.3, -0.25) is 4.79 Å². The van der Waals surface area contributed by atoms with Crippen LogP contribution in [-0.2, 0) is 5.75 Å². The van der Waals surface area contributed by atoms with E-state index in [1.165, 1.54) is 23.1 Å². The number of methoxy groups -OCH3 is 1. The minimum Gasteiger partial charge on any atom is -0.497 e. The fraction of sp³-hybridized carbons (Fsp3) is 0.0952. The lowest BCUT2D eigenvalue weighted by Gasteiger charge is -2.04. The second kappa shape index (κ2) is 7.89. The number of benzene rings is 2. The summed E-state index contributed by atoms with van der Waals surface area (Å²) in [5, 5.41) is 12.1. The lowest BCUT2D eigenvalue weighted by atomic mass is 10.1. The Morgan fingerprint density at radius 3 is 2.93 bits per heavy atom. The van der Waals surface area contributed by atoms with Gasteiger partial charge in [0.05, 0.1) is 24.1 Å². The van der Waals surface area contributed by atoms with E-state index in [2.05, 4.69) is 16.0 Å². The van der Waals surface area contributed by atoms with Crippen molar-refractivity contribution in [2.24, 2.45) is 0 Å². The van der Waals surface area contributed by atoms with Gasteiger partial charge in [0.2, 0.25) is 0 Å². The van der Waals surface area contributed by atoms with Crippen molar-refractivity contribution in [1.82, 2.24) is 9.97 Å². The van der Waals surface area contributed by atoms with Crippen molar-refractivity contribution in [3.8, 4) is 22.9 Å². The lowest BCUT2D eigenvalue weighted by Crippen LogP contribution is -2.08. The highest BCUT2D eigenvalue weighted by Crippen LogP contribution is 2.33. The van der Waals surface area contributed by atoms with Crippen LogP contribution < -0.4 is 10.3 Å². The molecule has 2 heterocycles. The van der Waals surface area contributed by atoms with Crippen LogP contribution in [0.3, 0.4) is 0 Å². The normalized spacial score (nSPS) is 10.7. The monoisotopic (exact) mass is 405 g/mol. The van der Waals surface area contributed by atoms with Crippen LogP contribution in [0.15, 0.2) is 63.9 Å². The second-order valence-corrected chi connectivity index (χ2v) is 7.86. The van der Waals surface area contributed by atoms with Gasteiger partial charge in [0, 0.05) is 16.7 Å². The highest BCUT2D eigenvalue weighted by Gasteiger charge is 2.14. The van der Waals surface area contributed by atoms with Gasteiger partial charge < -0.3 is 9.72 Å². The average molecular weight is 406 g/mol. The average Bonchev–Trinajstić information content (AvgIpc) is 3.17. The van der Waals surface area contributed by atoms with Crippen LogP contribution in [0.2, 0.25) is 0 Å². The maximum atomic E-state index is 12.7. The van der Waals surface area contributed by atoms with E-state index in [4.69, 9.17) is 10.00 Å². The van der Waals surface area contributed by atoms with Crippen molar-refractivity contribution in [2.75, 3.05) is 7.11 Å². The van der Waals surface area contributed by atoms with Gasteiger partial charge >= 0.3 is 0 Å². The van der Waals surface area contributed by atoms with Crippen LogP contribution in [0.1, 0.15) is 11.1 Å². The van der Waals surface area contributed by atoms with Crippen molar-refractivity contribution < 1.29 is 4.74 Å². The van der Waals surface area contributed by atoms with Crippen LogP contribution in [0, 0.1) is 11.3 Å². The Morgan fingerprint density at radius 1 is 1.25 bits per heavy atom. The third kappa shape index (κ3) is 3.65. The van der Waals surface area contributed by atoms with Crippen molar-refractivity contribution in [3.05, 3.63) is 75.4 Å². The quantitative estimate of drug-likeness (QED) is 0.380. The molecule has 138 valence electrons. The first kappa shape index (κ1) is 18.3. The SMILES string of the molecule is COc1cccc(-c2csc3nc(SCc4cccc(C#N)c4)[nH]c(=O)c23)c1. The number of nitrogens with one attached hydrogen (secondary N) is 1. The highest BCUT2D eigenvalue weighted by atomic mass is 32.2. The molecule has 0 atom stereocenters. The van der Waals surface area contributed by atoms with Gasteiger partial charge in [-0.05, 0) is 35.4 Å². The first-order valence-corrected chi connectivity index (χ1v) is 10.3. The third-order valence-corrected chi connectivity index (χ3v) is 6.05. The molecule has 4 aromatic rings. The first-order valence-electron chi connectivity index (χ1n) is 8.45. The summed E-state index contributed by atoms with van der Waals surface area (Å²) in [7, 11) is 1.62. The summed E-state index contributed by atoms with van der Waals surface area (Å²) < 4.78 is 5.28. The Balaban J connectivity index is 1.64. The largest absolute Gasteiger partial charge is 0.497 e. The number of rotatable bonds is 5. The molecule has 0 amide bonds. The Morgan fingerprint density at radius 2 is 2.11 bits per heavy atom. The van der Waals surface area contributed by atoms with Crippen LogP contribution in [0.4, 0.5) is 0 Å². The smallest absolute Gasteiger partial charge is 0.260 e. The minimum atomic E-state index is -0.155. The summed E-state index contributed by atoms with van der Waals surface area (Å²) >= 11 is 2.89. The standard InChI is InChI=1S/C21H15N3O2S2/c1-26-16-7-3-6-15(9-16)17-12-27-20-18(17)19(25)23-21(24-20)28-11-14-5-2-4-13(8-14)10-22/h2-9,12H,11H2,1H3,(H,23,24,25). The zero-order valence-corrected chi connectivity index (χ0v) is 16.6. The molecular weight excluding hydrogens is 390 g/mol. The number of nitrogens with zero attached hydrogens (tertiary/aromatic N) is 2. The molecule has 2 aromatic heterocycles. The fourth-order valence-corrected chi connectivity index (χ4v) is 4.69. The fourth-order valence-electron chi connectivity index (χ4n) is 2.88. The number of fused-ring (bicyclic) bond motifs is 1. The molecule has 0 radical (unpaired) electrons. The molecule has 0 spiro atoms. The van der Waals surface area contributed by atoms with E-state index >= 15 is 0 Å².